The molecule has 0 aromatic rings. The summed E-state index contributed by atoms with van der Waals surface area (Å²) in [6.45, 7) is 14.5. The smallest absolute Gasteiger partial charge is 0.0119 e. The normalized spacial score (nSPS) is 27.0. The summed E-state index contributed by atoms with van der Waals surface area (Å²) >= 11 is 0. The summed E-state index contributed by atoms with van der Waals surface area (Å²) in [4.78, 5) is 2.83. The Morgan fingerprint density at radius 2 is 1.80 bits per heavy atom. The third-order valence-electron chi connectivity index (χ3n) is 5.44. The maximum Gasteiger partial charge on any atom is 0.0119 e. The third-order valence-corrected chi connectivity index (χ3v) is 5.44. The average molecular weight is 280 g/mol. The minimum Gasteiger partial charge on any atom is -0.316 e. The quantitative estimate of drug-likeness (QED) is 0.760. The van der Waals surface area contributed by atoms with Crippen molar-refractivity contribution in [1.29, 1.82) is 0 Å². The first-order valence-corrected chi connectivity index (χ1v) is 8.97. The van der Waals surface area contributed by atoms with Gasteiger partial charge in [0, 0.05) is 19.1 Å². The molecular formula is C18H36N2. The lowest BCUT2D eigenvalue weighted by molar-refractivity contribution is 0.117. The highest BCUT2D eigenvalue weighted by Crippen LogP contribution is 2.40. The predicted molar refractivity (Wildman–Crippen MR) is 88.0 cm³/mol. The molecule has 1 saturated heterocycles. The van der Waals surface area contributed by atoms with Crippen LogP contribution in [0.5, 0.6) is 0 Å². The van der Waals surface area contributed by atoms with Crippen molar-refractivity contribution in [2.45, 2.75) is 72.3 Å². The van der Waals surface area contributed by atoms with E-state index in [1.807, 2.05) is 0 Å². The van der Waals surface area contributed by atoms with E-state index in [9.17, 15) is 0 Å². The van der Waals surface area contributed by atoms with Crippen LogP contribution in [0.15, 0.2) is 0 Å². The van der Waals surface area contributed by atoms with Gasteiger partial charge >= 0.3 is 0 Å². The molecule has 0 spiro atoms. The van der Waals surface area contributed by atoms with Gasteiger partial charge in [-0.3, -0.25) is 4.90 Å². The van der Waals surface area contributed by atoms with Crippen LogP contribution in [-0.4, -0.2) is 37.1 Å². The van der Waals surface area contributed by atoms with E-state index in [1.165, 1.54) is 64.7 Å². The molecule has 2 aliphatic rings. The van der Waals surface area contributed by atoms with Gasteiger partial charge in [-0.1, -0.05) is 40.5 Å². The Bertz CT molecular complexity index is 279. The van der Waals surface area contributed by atoms with Crippen molar-refractivity contribution >= 4 is 0 Å². The molecule has 0 aromatic heterocycles. The second-order valence-corrected chi connectivity index (χ2v) is 8.16. The summed E-state index contributed by atoms with van der Waals surface area (Å²) in [6.07, 6.45) is 8.62. The van der Waals surface area contributed by atoms with Gasteiger partial charge in [0.05, 0.1) is 0 Å². The van der Waals surface area contributed by atoms with Crippen molar-refractivity contribution in [3.8, 4) is 0 Å². The number of nitrogens with one attached hydrogen (secondary N) is 1. The molecule has 2 nitrogen and oxygen atoms in total. The minimum atomic E-state index is 0.576. The second-order valence-electron chi connectivity index (χ2n) is 8.16. The summed E-state index contributed by atoms with van der Waals surface area (Å²) in [7, 11) is 0. The Hall–Kier alpha value is -0.0800. The fourth-order valence-corrected chi connectivity index (χ4v) is 4.38. The number of likely N-dealkylation sites (tertiary alicyclic amines) is 1. The molecule has 1 heterocycles. The largest absolute Gasteiger partial charge is 0.316 e. The number of hydrogen-bond donors (Lipinski definition) is 1. The Labute approximate surface area is 126 Å². The standard InChI is InChI=1S/C18H36N2/c1-15(2)12-19-13-18(9-5-6-10-18)14-20-11-7-8-17(20)16(3)4/h15-17,19H,5-14H2,1-4H3. The highest BCUT2D eigenvalue weighted by molar-refractivity contribution is 4.93. The number of hydrogen-bond acceptors (Lipinski definition) is 2. The molecular weight excluding hydrogens is 244 g/mol. The number of nitrogens with zero attached hydrogens (tertiary/aromatic N) is 1. The van der Waals surface area contributed by atoms with Crippen LogP contribution in [0.3, 0.4) is 0 Å². The van der Waals surface area contributed by atoms with Crippen LogP contribution in [0.25, 0.3) is 0 Å². The van der Waals surface area contributed by atoms with Crippen molar-refractivity contribution in [1.82, 2.24) is 10.2 Å². The zero-order valence-electron chi connectivity index (χ0n) is 14.3. The SMILES string of the molecule is CC(C)CNCC1(CN2CCCC2C(C)C)CCCC1. The molecule has 118 valence electrons. The lowest BCUT2D eigenvalue weighted by atomic mass is 9.84. The fourth-order valence-electron chi connectivity index (χ4n) is 4.38. The van der Waals surface area contributed by atoms with Crippen LogP contribution >= 0.6 is 0 Å². The summed E-state index contributed by atoms with van der Waals surface area (Å²) in [6, 6.07) is 0.845. The molecule has 0 radical (unpaired) electrons. The molecule has 0 aromatic carbocycles. The van der Waals surface area contributed by atoms with Crippen LogP contribution < -0.4 is 5.32 Å². The molecule has 0 bridgehead atoms. The Kier molecular flexibility index (Phi) is 5.92. The molecule has 2 rings (SSSR count). The summed E-state index contributed by atoms with van der Waals surface area (Å²) in [5, 5.41) is 3.76. The molecule has 2 fully saturated rings. The Morgan fingerprint density at radius 1 is 1.10 bits per heavy atom. The molecule has 20 heavy (non-hydrogen) atoms. The van der Waals surface area contributed by atoms with E-state index < -0.39 is 0 Å². The maximum absolute atomic E-state index is 3.76. The van der Waals surface area contributed by atoms with E-state index in [-0.39, 0.29) is 0 Å². The first kappa shape index (κ1) is 16.3. The minimum absolute atomic E-state index is 0.576. The van der Waals surface area contributed by atoms with Crippen molar-refractivity contribution < 1.29 is 0 Å². The van der Waals surface area contributed by atoms with E-state index in [4.69, 9.17) is 0 Å². The van der Waals surface area contributed by atoms with E-state index >= 15 is 0 Å². The van der Waals surface area contributed by atoms with Crippen molar-refractivity contribution in [3.63, 3.8) is 0 Å². The van der Waals surface area contributed by atoms with Gasteiger partial charge in [0.25, 0.3) is 0 Å². The van der Waals surface area contributed by atoms with Gasteiger partial charge in [-0.05, 0) is 56.0 Å². The third kappa shape index (κ3) is 4.21. The van der Waals surface area contributed by atoms with E-state index in [0.29, 0.717) is 5.41 Å². The van der Waals surface area contributed by atoms with Crippen molar-refractivity contribution in [2.75, 3.05) is 26.2 Å². The maximum atomic E-state index is 3.76. The van der Waals surface area contributed by atoms with Crippen LogP contribution in [0.1, 0.15) is 66.2 Å². The van der Waals surface area contributed by atoms with E-state index in [1.54, 1.807) is 0 Å². The molecule has 1 aliphatic heterocycles. The van der Waals surface area contributed by atoms with Gasteiger partial charge < -0.3 is 5.32 Å². The average Bonchev–Trinajstić information content (AvgIpc) is 2.99. The number of rotatable bonds is 7. The van der Waals surface area contributed by atoms with E-state index in [0.717, 1.165) is 17.9 Å². The van der Waals surface area contributed by atoms with Gasteiger partial charge in [0.1, 0.15) is 0 Å². The van der Waals surface area contributed by atoms with Crippen molar-refractivity contribution in [2.24, 2.45) is 17.3 Å². The molecule has 1 saturated carbocycles. The Morgan fingerprint density at radius 3 is 2.40 bits per heavy atom. The zero-order valence-corrected chi connectivity index (χ0v) is 14.3. The first-order chi connectivity index (χ1) is 9.52. The molecule has 1 N–H and O–H groups in total. The van der Waals surface area contributed by atoms with Gasteiger partial charge in [0.15, 0.2) is 0 Å². The second kappa shape index (κ2) is 7.26. The lowest BCUT2D eigenvalue weighted by Gasteiger charge is -2.38. The predicted octanol–water partition coefficient (Wildman–Crippen LogP) is 3.91. The highest BCUT2D eigenvalue weighted by atomic mass is 15.2. The van der Waals surface area contributed by atoms with Gasteiger partial charge in [-0.25, -0.2) is 0 Å². The molecule has 1 unspecified atom stereocenters. The van der Waals surface area contributed by atoms with Crippen LogP contribution in [0.4, 0.5) is 0 Å². The van der Waals surface area contributed by atoms with Crippen LogP contribution in [0, 0.1) is 17.3 Å². The molecule has 1 atom stereocenters. The summed E-state index contributed by atoms with van der Waals surface area (Å²) in [5.74, 6) is 1.59. The van der Waals surface area contributed by atoms with Gasteiger partial charge in [-0.2, -0.15) is 0 Å². The lowest BCUT2D eigenvalue weighted by Crippen LogP contribution is -2.46. The van der Waals surface area contributed by atoms with Crippen molar-refractivity contribution in [3.05, 3.63) is 0 Å². The molecule has 2 heteroatoms. The Balaban J connectivity index is 1.91. The van der Waals surface area contributed by atoms with Crippen LogP contribution in [-0.2, 0) is 0 Å². The highest BCUT2D eigenvalue weighted by Gasteiger charge is 2.38. The van der Waals surface area contributed by atoms with Crippen LogP contribution in [0.2, 0.25) is 0 Å². The summed E-state index contributed by atoms with van der Waals surface area (Å²) in [5.41, 5.74) is 0.576. The summed E-state index contributed by atoms with van der Waals surface area (Å²) < 4.78 is 0. The molecule has 0 amide bonds. The topological polar surface area (TPSA) is 15.3 Å². The first-order valence-electron chi connectivity index (χ1n) is 8.97. The van der Waals surface area contributed by atoms with Gasteiger partial charge in [0.2, 0.25) is 0 Å². The van der Waals surface area contributed by atoms with Gasteiger partial charge in [-0.15, -0.1) is 0 Å². The monoisotopic (exact) mass is 280 g/mol. The fraction of sp³-hybridized carbons (Fsp3) is 1.00. The molecule has 1 aliphatic carbocycles. The zero-order chi connectivity index (χ0) is 14.6. The van der Waals surface area contributed by atoms with E-state index in [2.05, 4.69) is 37.9 Å².